The van der Waals surface area contributed by atoms with Crippen LogP contribution >= 0.6 is 0 Å². The Balaban J connectivity index is 2.18. The van der Waals surface area contributed by atoms with Gasteiger partial charge < -0.3 is 5.73 Å². The number of hydroxylamine groups is 2. The third kappa shape index (κ3) is 3.17. The first-order chi connectivity index (χ1) is 9.18. The van der Waals surface area contributed by atoms with Crippen LogP contribution in [0.4, 0.5) is 5.69 Å². The van der Waals surface area contributed by atoms with Gasteiger partial charge in [-0.25, -0.2) is 4.99 Å². The quantitative estimate of drug-likeness (QED) is 0.437. The number of hydrogen-bond acceptors (Lipinski definition) is 3. The summed E-state index contributed by atoms with van der Waals surface area (Å²) < 4.78 is 0. The van der Waals surface area contributed by atoms with E-state index in [0.717, 1.165) is 0 Å². The normalized spacial score (nSPS) is 11.1. The standard InChI is InChI=1S/C14H14N4O/c15-13(11-7-3-1-4-8-11)18(19)14(16)17-12-9-5-2-6-10-12/h1-10,15,19H,(H2,16,17). The topological polar surface area (TPSA) is 85.7 Å². The fourth-order valence-electron chi connectivity index (χ4n) is 1.52. The average Bonchev–Trinajstić information content (AvgIpc) is 2.47. The number of para-hydroxylation sites is 1. The number of guanidine groups is 1. The molecule has 0 unspecified atom stereocenters. The van der Waals surface area contributed by atoms with Crippen molar-refractivity contribution in [1.29, 1.82) is 5.41 Å². The molecule has 0 aliphatic rings. The molecule has 0 aliphatic heterocycles. The number of benzene rings is 2. The van der Waals surface area contributed by atoms with E-state index in [1.54, 1.807) is 36.4 Å². The minimum absolute atomic E-state index is 0.127. The lowest BCUT2D eigenvalue weighted by Gasteiger charge is -2.16. The van der Waals surface area contributed by atoms with Gasteiger partial charge in [0.1, 0.15) is 0 Å². The molecule has 4 N–H and O–H groups in total. The molecule has 0 fully saturated rings. The fraction of sp³-hybridized carbons (Fsp3) is 0. The first kappa shape index (κ1) is 12.8. The van der Waals surface area contributed by atoms with E-state index in [9.17, 15) is 5.21 Å². The van der Waals surface area contributed by atoms with Crippen molar-refractivity contribution >= 4 is 17.5 Å². The van der Waals surface area contributed by atoms with Crippen LogP contribution in [0.5, 0.6) is 0 Å². The van der Waals surface area contributed by atoms with Crippen molar-refractivity contribution in [2.75, 3.05) is 0 Å². The molecule has 0 radical (unpaired) electrons. The largest absolute Gasteiger partial charge is 0.367 e. The number of nitrogens with one attached hydrogen (secondary N) is 1. The van der Waals surface area contributed by atoms with Gasteiger partial charge in [0.15, 0.2) is 5.84 Å². The van der Waals surface area contributed by atoms with Crippen LogP contribution in [0.2, 0.25) is 0 Å². The molecule has 0 spiro atoms. The summed E-state index contributed by atoms with van der Waals surface area (Å²) in [6, 6.07) is 17.8. The molecule has 2 aromatic rings. The molecule has 5 nitrogen and oxygen atoms in total. The SMILES string of the molecule is N=C(c1ccccc1)N(O)C(N)=Nc1ccccc1. The predicted molar refractivity (Wildman–Crippen MR) is 74.6 cm³/mol. The molecule has 0 amide bonds. The predicted octanol–water partition coefficient (Wildman–Crippen LogP) is 2.35. The van der Waals surface area contributed by atoms with E-state index in [2.05, 4.69) is 4.99 Å². The van der Waals surface area contributed by atoms with Crippen molar-refractivity contribution < 1.29 is 5.21 Å². The van der Waals surface area contributed by atoms with E-state index in [0.29, 0.717) is 16.3 Å². The van der Waals surface area contributed by atoms with Gasteiger partial charge in [-0.05, 0) is 12.1 Å². The lowest BCUT2D eigenvalue weighted by atomic mass is 10.2. The fourth-order valence-corrected chi connectivity index (χ4v) is 1.52. The maximum atomic E-state index is 9.85. The maximum Gasteiger partial charge on any atom is 0.227 e. The van der Waals surface area contributed by atoms with Gasteiger partial charge in [-0.2, -0.15) is 5.06 Å². The van der Waals surface area contributed by atoms with E-state index in [-0.39, 0.29) is 11.8 Å². The Bertz CT molecular complexity index is 581. The van der Waals surface area contributed by atoms with Gasteiger partial charge in [0.25, 0.3) is 0 Å². The highest BCUT2D eigenvalue weighted by Crippen LogP contribution is 2.10. The minimum Gasteiger partial charge on any atom is -0.367 e. The van der Waals surface area contributed by atoms with Gasteiger partial charge in [0.2, 0.25) is 5.96 Å². The first-order valence-electron chi connectivity index (χ1n) is 5.70. The van der Waals surface area contributed by atoms with Crippen LogP contribution in [0.3, 0.4) is 0 Å². The molecule has 2 aromatic carbocycles. The van der Waals surface area contributed by atoms with Crippen molar-refractivity contribution in [3.63, 3.8) is 0 Å². The van der Waals surface area contributed by atoms with E-state index in [4.69, 9.17) is 11.1 Å². The molecular weight excluding hydrogens is 240 g/mol. The van der Waals surface area contributed by atoms with Crippen molar-refractivity contribution in [3.05, 3.63) is 66.2 Å². The van der Waals surface area contributed by atoms with Gasteiger partial charge in [0.05, 0.1) is 5.69 Å². The number of aliphatic imine (C=N–C) groups is 1. The molecule has 0 saturated heterocycles. The second kappa shape index (κ2) is 5.79. The highest BCUT2D eigenvalue weighted by atomic mass is 16.5. The van der Waals surface area contributed by atoms with Crippen LogP contribution in [0.1, 0.15) is 5.56 Å². The van der Waals surface area contributed by atoms with Gasteiger partial charge in [-0.3, -0.25) is 10.6 Å². The summed E-state index contributed by atoms with van der Waals surface area (Å²) in [6.45, 7) is 0. The van der Waals surface area contributed by atoms with E-state index >= 15 is 0 Å². The number of rotatable bonds is 2. The Morgan fingerprint density at radius 1 is 1.00 bits per heavy atom. The molecule has 0 atom stereocenters. The summed E-state index contributed by atoms with van der Waals surface area (Å²) in [5.74, 6) is -0.280. The molecular formula is C14H14N4O. The zero-order valence-corrected chi connectivity index (χ0v) is 10.2. The Labute approximate surface area is 111 Å². The molecule has 0 saturated carbocycles. The zero-order valence-electron chi connectivity index (χ0n) is 10.2. The molecule has 0 aliphatic carbocycles. The zero-order chi connectivity index (χ0) is 13.7. The maximum absolute atomic E-state index is 9.85. The summed E-state index contributed by atoms with van der Waals surface area (Å²) in [6.07, 6.45) is 0. The van der Waals surface area contributed by atoms with Gasteiger partial charge in [0, 0.05) is 5.56 Å². The highest BCUT2D eigenvalue weighted by molar-refractivity contribution is 6.05. The van der Waals surface area contributed by atoms with Crippen LogP contribution in [0.25, 0.3) is 0 Å². The summed E-state index contributed by atoms with van der Waals surface area (Å²) in [4.78, 5) is 4.04. The van der Waals surface area contributed by atoms with Gasteiger partial charge in [-0.15, -0.1) is 0 Å². The Kier molecular flexibility index (Phi) is 3.90. The Morgan fingerprint density at radius 3 is 2.11 bits per heavy atom. The summed E-state index contributed by atoms with van der Waals surface area (Å²) >= 11 is 0. The lowest BCUT2D eigenvalue weighted by molar-refractivity contribution is 0.0615. The lowest BCUT2D eigenvalue weighted by Crippen LogP contribution is -2.39. The second-order valence-corrected chi connectivity index (χ2v) is 3.83. The van der Waals surface area contributed by atoms with Crippen molar-refractivity contribution in [3.8, 4) is 0 Å². The monoisotopic (exact) mass is 254 g/mol. The molecule has 0 bridgehead atoms. The van der Waals surface area contributed by atoms with Crippen LogP contribution in [-0.2, 0) is 0 Å². The molecule has 96 valence electrons. The van der Waals surface area contributed by atoms with Crippen molar-refractivity contribution in [2.45, 2.75) is 0 Å². The number of amidine groups is 1. The van der Waals surface area contributed by atoms with E-state index in [1.807, 2.05) is 24.3 Å². The third-order valence-electron chi connectivity index (χ3n) is 2.48. The summed E-state index contributed by atoms with van der Waals surface area (Å²) in [5.41, 5.74) is 6.84. The summed E-state index contributed by atoms with van der Waals surface area (Å²) in [5, 5.41) is 18.3. The first-order valence-corrected chi connectivity index (χ1v) is 5.70. The number of hydrogen-bond donors (Lipinski definition) is 3. The Morgan fingerprint density at radius 2 is 1.53 bits per heavy atom. The van der Waals surface area contributed by atoms with Gasteiger partial charge in [-0.1, -0.05) is 48.5 Å². The van der Waals surface area contributed by atoms with Gasteiger partial charge >= 0.3 is 0 Å². The second-order valence-electron chi connectivity index (χ2n) is 3.83. The van der Waals surface area contributed by atoms with Crippen LogP contribution in [0, 0.1) is 5.41 Å². The van der Waals surface area contributed by atoms with E-state index in [1.165, 1.54) is 0 Å². The number of nitrogens with zero attached hydrogens (tertiary/aromatic N) is 2. The molecule has 5 heteroatoms. The third-order valence-corrected chi connectivity index (χ3v) is 2.48. The highest BCUT2D eigenvalue weighted by Gasteiger charge is 2.12. The molecule has 0 aromatic heterocycles. The van der Waals surface area contributed by atoms with Crippen molar-refractivity contribution in [1.82, 2.24) is 5.06 Å². The van der Waals surface area contributed by atoms with Crippen LogP contribution in [0.15, 0.2) is 65.7 Å². The van der Waals surface area contributed by atoms with Crippen molar-refractivity contribution in [2.24, 2.45) is 10.7 Å². The minimum atomic E-state index is -0.153. The van der Waals surface area contributed by atoms with Crippen LogP contribution < -0.4 is 5.73 Å². The molecule has 0 heterocycles. The average molecular weight is 254 g/mol. The smallest absolute Gasteiger partial charge is 0.227 e. The molecule has 2 rings (SSSR count). The van der Waals surface area contributed by atoms with Crippen LogP contribution in [-0.4, -0.2) is 22.1 Å². The summed E-state index contributed by atoms with van der Waals surface area (Å²) in [7, 11) is 0. The Hall–Kier alpha value is -2.66. The van der Waals surface area contributed by atoms with E-state index < -0.39 is 0 Å². The molecule has 19 heavy (non-hydrogen) atoms. The number of nitrogens with two attached hydrogens (primary N) is 1.